The van der Waals surface area contributed by atoms with Gasteiger partial charge in [-0.25, -0.2) is 9.37 Å². The fourth-order valence-electron chi connectivity index (χ4n) is 4.71. The highest BCUT2D eigenvalue weighted by Gasteiger charge is 2.31. The third-order valence-corrected chi connectivity index (χ3v) is 6.45. The minimum atomic E-state index is -1.14. The average Bonchev–Trinajstić information content (AvgIpc) is 3.10. The number of aromatic amines is 1. The predicted octanol–water partition coefficient (Wildman–Crippen LogP) is 5.22. The summed E-state index contributed by atoms with van der Waals surface area (Å²) in [5.74, 6) is 0.475. The van der Waals surface area contributed by atoms with Crippen LogP contribution < -0.4 is 10.6 Å². The molecule has 30 heavy (non-hydrogen) atoms. The number of aryl methyl sites for hydroxylation is 1. The Bertz CT molecular complexity index is 1080. The molecule has 2 aliphatic rings. The maximum absolute atomic E-state index is 14.9. The van der Waals surface area contributed by atoms with Gasteiger partial charge in [-0.3, -0.25) is 0 Å². The Kier molecular flexibility index (Phi) is 4.93. The Balaban J connectivity index is 1.39. The van der Waals surface area contributed by atoms with Crippen LogP contribution in [-0.4, -0.2) is 33.7 Å². The van der Waals surface area contributed by atoms with Gasteiger partial charge in [0.1, 0.15) is 11.3 Å². The highest BCUT2D eigenvalue weighted by molar-refractivity contribution is 5.94. The molecule has 1 aromatic carbocycles. The maximum atomic E-state index is 14.9. The van der Waals surface area contributed by atoms with Crippen molar-refractivity contribution in [3.63, 3.8) is 0 Å². The summed E-state index contributed by atoms with van der Waals surface area (Å²) in [5.41, 5.74) is 5.35. The van der Waals surface area contributed by atoms with Crippen LogP contribution in [-0.2, 0) is 6.42 Å². The molecule has 2 aromatic heterocycles. The molecule has 6 heteroatoms. The van der Waals surface area contributed by atoms with Crippen LogP contribution in [0.15, 0.2) is 37.2 Å². The van der Waals surface area contributed by atoms with Gasteiger partial charge in [0, 0.05) is 41.1 Å². The van der Waals surface area contributed by atoms with E-state index in [1.54, 1.807) is 0 Å². The molecule has 1 aliphatic heterocycles. The van der Waals surface area contributed by atoms with E-state index in [0.29, 0.717) is 18.8 Å². The summed E-state index contributed by atoms with van der Waals surface area (Å²) in [6.07, 6.45) is 10.2. The summed E-state index contributed by atoms with van der Waals surface area (Å²) >= 11 is 0. The minimum Gasteiger partial charge on any atom is -0.385 e. The Hall–Kier alpha value is -2.89. The standard InChI is InChI=1S/C24H28FN5/c1-16-19-8-7-18(12-17(19)6-5-11-26-16)20-13-27-22-21(20)14-28-23(30-22)29-15-24(25)9-3-2-4-10-24/h7-8,12-14,26H,1-6,9-11,15H2,(H2,27,28,29,30). The van der Waals surface area contributed by atoms with Gasteiger partial charge >= 0.3 is 0 Å². The number of rotatable bonds is 4. The number of fused-ring (bicyclic) bond motifs is 2. The quantitative estimate of drug-likeness (QED) is 0.557. The van der Waals surface area contributed by atoms with Crippen LogP contribution >= 0.6 is 0 Å². The van der Waals surface area contributed by atoms with Crippen molar-refractivity contribution < 1.29 is 4.39 Å². The highest BCUT2D eigenvalue weighted by Crippen LogP contribution is 2.33. The number of halogens is 1. The van der Waals surface area contributed by atoms with Gasteiger partial charge in [-0.05, 0) is 36.8 Å². The lowest BCUT2D eigenvalue weighted by Gasteiger charge is -2.29. The first-order valence-corrected chi connectivity index (χ1v) is 10.9. The average molecular weight is 406 g/mol. The second-order valence-electron chi connectivity index (χ2n) is 8.60. The summed E-state index contributed by atoms with van der Waals surface area (Å²) < 4.78 is 14.9. The fourth-order valence-corrected chi connectivity index (χ4v) is 4.71. The molecule has 3 aromatic rings. The first kappa shape index (κ1) is 19.1. The Morgan fingerprint density at radius 1 is 1.13 bits per heavy atom. The van der Waals surface area contributed by atoms with Gasteiger partial charge in [0.15, 0.2) is 0 Å². The molecule has 0 spiro atoms. The molecule has 3 heterocycles. The van der Waals surface area contributed by atoms with Gasteiger partial charge in [0.05, 0.1) is 6.54 Å². The monoisotopic (exact) mass is 405 g/mol. The number of nitrogens with one attached hydrogen (secondary N) is 3. The zero-order valence-electron chi connectivity index (χ0n) is 17.2. The lowest BCUT2D eigenvalue weighted by Crippen LogP contribution is -2.34. The number of alkyl halides is 1. The highest BCUT2D eigenvalue weighted by atomic mass is 19.1. The van der Waals surface area contributed by atoms with Crippen molar-refractivity contribution in [3.8, 4) is 11.1 Å². The van der Waals surface area contributed by atoms with Crippen LogP contribution in [0.1, 0.15) is 49.7 Å². The summed E-state index contributed by atoms with van der Waals surface area (Å²) in [5, 5.41) is 7.46. The van der Waals surface area contributed by atoms with E-state index in [1.165, 1.54) is 11.1 Å². The van der Waals surface area contributed by atoms with Crippen molar-refractivity contribution >= 4 is 22.7 Å². The van der Waals surface area contributed by atoms with E-state index in [9.17, 15) is 4.39 Å². The topological polar surface area (TPSA) is 65.6 Å². The van der Waals surface area contributed by atoms with Crippen molar-refractivity contribution in [2.24, 2.45) is 0 Å². The van der Waals surface area contributed by atoms with Crippen LogP contribution in [0, 0.1) is 0 Å². The lowest BCUT2D eigenvalue weighted by molar-refractivity contribution is 0.122. The third-order valence-electron chi connectivity index (χ3n) is 6.45. The molecule has 5 rings (SSSR count). The van der Waals surface area contributed by atoms with Crippen LogP contribution in [0.25, 0.3) is 27.9 Å². The molecule has 156 valence electrons. The van der Waals surface area contributed by atoms with E-state index in [4.69, 9.17) is 0 Å². The fraction of sp³-hybridized carbons (Fsp3) is 0.417. The largest absolute Gasteiger partial charge is 0.385 e. The zero-order chi connectivity index (χ0) is 20.6. The summed E-state index contributed by atoms with van der Waals surface area (Å²) in [7, 11) is 0. The van der Waals surface area contributed by atoms with Crippen molar-refractivity contribution in [1.29, 1.82) is 0 Å². The molecule has 1 aliphatic carbocycles. The summed E-state index contributed by atoms with van der Waals surface area (Å²) in [4.78, 5) is 12.3. The summed E-state index contributed by atoms with van der Waals surface area (Å²) in [6, 6.07) is 6.52. The number of nitrogens with zero attached hydrogens (tertiary/aromatic N) is 2. The van der Waals surface area contributed by atoms with Crippen molar-refractivity contribution in [2.45, 2.75) is 50.6 Å². The molecule has 0 saturated heterocycles. The molecule has 1 saturated carbocycles. The minimum absolute atomic E-state index is 0.273. The normalized spacial score (nSPS) is 18.5. The van der Waals surface area contributed by atoms with Crippen LogP contribution in [0.2, 0.25) is 0 Å². The third kappa shape index (κ3) is 3.66. The predicted molar refractivity (Wildman–Crippen MR) is 120 cm³/mol. The molecule has 0 amide bonds. The van der Waals surface area contributed by atoms with Gasteiger partial charge in [-0.1, -0.05) is 44.0 Å². The number of anilines is 1. The van der Waals surface area contributed by atoms with Crippen LogP contribution in [0.4, 0.5) is 10.3 Å². The SMILES string of the molecule is C=C1NCCCc2cc(-c3c[nH]c4nc(NCC5(F)CCCCC5)ncc34)ccc21. The molecule has 0 unspecified atom stereocenters. The molecule has 3 N–H and O–H groups in total. The van der Waals surface area contributed by atoms with E-state index in [1.807, 2.05) is 12.4 Å². The maximum Gasteiger partial charge on any atom is 0.224 e. The Morgan fingerprint density at radius 2 is 2.00 bits per heavy atom. The van der Waals surface area contributed by atoms with Crippen molar-refractivity contribution in [1.82, 2.24) is 20.3 Å². The summed E-state index contributed by atoms with van der Waals surface area (Å²) in [6.45, 7) is 5.38. The zero-order valence-corrected chi connectivity index (χ0v) is 17.2. The number of benzene rings is 1. The van der Waals surface area contributed by atoms with Gasteiger partial charge in [-0.15, -0.1) is 0 Å². The second kappa shape index (κ2) is 7.74. The van der Waals surface area contributed by atoms with Crippen molar-refractivity contribution in [2.75, 3.05) is 18.4 Å². The van der Waals surface area contributed by atoms with E-state index < -0.39 is 5.67 Å². The lowest BCUT2D eigenvalue weighted by atomic mass is 9.86. The number of hydrogen-bond acceptors (Lipinski definition) is 4. The molecule has 5 nitrogen and oxygen atoms in total. The number of H-pyrrole nitrogens is 1. The van der Waals surface area contributed by atoms with E-state index in [0.717, 1.165) is 66.5 Å². The van der Waals surface area contributed by atoms with Gasteiger partial charge in [-0.2, -0.15) is 4.98 Å². The molecular formula is C24H28FN5. The van der Waals surface area contributed by atoms with Crippen LogP contribution in [0.5, 0.6) is 0 Å². The van der Waals surface area contributed by atoms with Gasteiger partial charge in [0.2, 0.25) is 5.95 Å². The smallest absolute Gasteiger partial charge is 0.224 e. The number of hydrogen-bond donors (Lipinski definition) is 3. The van der Waals surface area contributed by atoms with Gasteiger partial charge < -0.3 is 15.6 Å². The van der Waals surface area contributed by atoms with E-state index in [2.05, 4.69) is 50.4 Å². The molecule has 0 bridgehead atoms. The first-order chi connectivity index (χ1) is 14.6. The molecule has 0 radical (unpaired) electrons. The van der Waals surface area contributed by atoms with Gasteiger partial charge in [0.25, 0.3) is 0 Å². The molecular weight excluding hydrogens is 377 g/mol. The molecule has 0 atom stereocenters. The Labute approximate surface area is 176 Å². The number of aromatic nitrogens is 3. The van der Waals surface area contributed by atoms with E-state index in [-0.39, 0.29) is 6.54 Å². The Morgan fingerprint density at radius 3 is 2.87 bits per heavy atom. The van der Waals surface area contributed by atoms with E-state index >= 15 is 0 Å². The van der Waals surface area contributed by atoms with Crippen molar-refractivity contribution in [3.05, 3.63) is 48.3 Å². The molecule has 1 fully saturated rings. The second-order valence-corrected chi connectivity index (χ2v) is 8.60. The first-order valence-electron chi connectivity index (χ1n) is 10.9. The van der Waals surface area contributed by atoms with Crippen LogP contribution in [0.3, 0.4) is 0 Å².